The lowest BCUT2D eigenvalue weighted by atomic mass is 10.3. The van der Waals surface area contributed by atoms with Gasteiger partial charge in [0.25, 0.3) is 0 Å². The summed E-state index contributed by atoms with van der Waals surface area (Å²) < 4.78 is 0. The van der Waals surface area contributed by atoms with Gasteiger partial charge in [-0.3, -0.25) is 0 Å². The number of hydrogen-bond acceptors (Lipinski definition) is 1. The molecule has 0 amide bonds. The van der Waals surface area contributed by atoms with Crippen LogP contribution in [0.2, 0.25) is 0 Å². The summed E-state index contributed by atoms with van der Waals surface area (Å²) in [5.41, 5.74) is 0. The molecule has 0 saturated heterocycles. The highest BCUT2D eigenvalue weighted by atomic mass is 32.1. The predicted octanol–water partition coefficient (Wildman–Crippen LogP) is 1.71. The average molecular weight is 114 g/mol. The van der Waals surface area contributed by atoms with Crippen LogP contribution in [0.4, 0.5) is 0 Å². The molecule has 0 aromatic carbocycles. The van der Waals surface area contributed by atoms with Crippen molar-refractivity contribution in [1.82, 2.24) is 0 Å². The zero-order valence-electron chi connectivity index (χ0n) is 4.30. The molecule has 2 fully saturated rings. The molecule has 40 valence electrons. The predicted molar refractivity (Wildman–Crippen MR) is 33.6 cm³/mol. The molecule has 2 atom stereocenters. The van der Waals surface area contributed by atoms with Crippen LogP contribution in [0.5, 0.6) is 0 Å². The molecule has 2 aliphatic carbocycles. The molecule has 1 heteroatoms. The summed E-state index contributed by atoms with van der Waals surface area (Å²) >= 11 is 4.35. The Morgan fingerprint density at radius 1 is 1.29 bits per heavy atom. The Labute approximate surface area is 49.7 Å². The van der Waals surface area contributed by atoms with Crippen LogP contribution in [-0.2, 0) is 0 Å². The molecule has 7 heavy (non-hydrogen) atoms. The van der Waals surface area contributed by atoms with Crippen LogP contribution < -0.4 is 0 Å². The Balaban J connectivity index is 1.88. The second kappa shape index (κ2) is 1.19. The summed E-state index contributed by atoms with van der Waals surface area (Å²) in [7, 11) is 0. The molecular weight excluding hydrogens is 104 g/mol. The third kappa shape index (κ3) is 0.674. The van der Waals surface area contributed by atoms with E-state index < -0.39 is 0 Å². The normalized spacial score (nSPS) is 49.3. The van der Waals surface area contributed by atoms with Crippen LogP contribution in [0, 0.1) is 11.8 Å². The second-order valence-corrected chi connectivity index (χ2v) is 3.47. The number of hydrogen-bond donors (Lipinski definition) is 1. The fraction of sp³-hybridized carbons (Fsp3) is 1.00. The number of rotatable bonds is 1. The van der Waals surface area contributed by atoms with Gasteiger partial charge in [0, 0.05) is 5.25 Å². The standard InChI is InChI=1S/C6H10S/c7-6-3-5(6)4-1-2-4/h4-7H,1-3H2. The SMILES string of the molecule is SC1CC1C1CC1. The molecule has 0 spiro atoms. The highest BCUT2D eigenvalue weighted by molar-refractivity contribution is 7.81. The number of thiol groups is 1. The Morgan fingerprint density at radius 3 is 2.00 bits per heavy atom. The van der Waals surface area contributed by atoms with Gasteiger partial charge in [-0.05, 0) is 31.1 Å². The summed E-state index contributed by atoms with van der Waals surface area (Å²) in [5.74, 6) is 2.16. The molecule has 0 nitrogen and oxygen atoms in total. The summed E-state index contributed by atoms with van der Waals surface area (Å²) in [5, 5.41) is 0.799. The Morgan fingerprint density at radius 2 is 1.86 bits per heavy atom. The largest absolute Gasteiger partial charge is 0.176 e. The fourth-order valence-corrected chi connectivity index (χ4v) is 1.72. The maximum absolute atomic E-state index is 4.35. The molecule has 0 aromatic heterocycles. The van der Waals surface area contributed by atoms with Crippen molar-refractivity contribution in [1.29, 1.82) is 0 Å². The highest BCUT2D eigenvalue weighted by Crippen LogP contribution is 2.52. The molecule has 0 heterocycles. The Bertz CT molecular complexity index is 86.2. The van der Waals surface area contributed by atoms with Crippen molar-refractivity contribution >= 4 is 12.6 Å². The maximum atomic E-state index is 4.35. The zero-order chi connectivity index (χ0) is 4.85. The third-order valence-electron chi connectivity index (χ3n) is 2.03. The monoisotopic (exact) mass is 114 g/mol. The molecule has 2 aliphatic rings. The first-order valence-corrected chi connectivity index (χ1v) is 3.57. The van der Waals surface area contributed by atoms with E-state index in [0.29, 0.717) is 0 Å². The molecule has 0 bridgehead atoms. The summed E-state index contributed by atoms with van der Waals surface area (Å²) in [4.78, 5) is 0. The van der Waals surface area contributed by atoms with Crippen molar-refractivity contribution in [2.45, 2.75) is 24.5 Å². The van der Waals surface area contributed by atoms with Gasteiger partial charge < -0.3 is 0 Å². The van der Waals surface area contributed by atoms with Gasteiger partial charge in [0.1, 0.15) is 0 Å². The summed E-state index contributed by atoms with van der Waals surface area (Å²) in [6.07, 6.45) is 4.41. The van der Waals surface area contributed by atoms with E-state index in [9.17, 15) is 0 Å². The molecule has 0 aliphatic heterocycles. The molecular formula is C6H10S. The van der Waals surface area contributed by atoms with E-state index >= 15 is 0 Å². The molecule has 2 unspecified atom stereocenters. The quantitative estimate of drug-likeness (QED) is 0.493. The van der Waals surface area contributed by atoms with Gasteiger partial charge in [-0.15, -0.1) is 0 Å². The minimum atomic E-state index is 0.799. The van der Waals surface area contributed by atoms with Crippen molar-refractivity contribution in [3.63, 3.8) is 0 Å². The van der Waals surface area contributed by atoms with Crippen molar-refractivity contribution < 1.29 is 0 Å². The Hall–Kier alpha value is 0.350. The molecule has 2 saturated carbocycles. The van der Waals surface area contributed by atoms with Gasteiger partial charge >= 0.3 is 0 Å². The van der Waals surface area contributed by atoms with Crippen LogP contribution in [0.25, 0.3) is 0 Å². The average Bonchev–Trinajstić information content (AvgIpc) is 2.23. The van der Waals surface area contributed by atoms with Gasteiger partial charge in [0.05, 0.1) is 0 Å². The van der Waals surface area contributed by atoms with Crippen LogP contribution in [-0.4, -0.2) is 5.25 Å². The lowest BCUT2D eigenvalue weighted by molar-refractivity contribution is 0.720. The minimum Gasteiger partial charge on any atom is -0.176 e. The van der Waals surface area contributed by atoms with E-state index in [1.165, 1.54) is 19.3 Å². The van der Waals surface area contributed by atoms with E-state index in [0.717, 1.165) is 17.1 Å². The first kappa shape index (κ1) is 4.25. The van der Waals surface area contributed by atoms with Gasteiger partial charge in [0.15, 0.2) is 0 Å². The summed E-state index contributed by atoms with van der Waals surface area (Å²) in [6, 6.07) is 0. The zero-order valence-corrected chi connectivity index (χ0v) is 5.20. The Kier molecular flexibility index (Phi) is 0.724. The van der Waals surface area contributed by atoms with Gasteiger partial charge in [-0.1, -0.05) is 0 Å². The van der Waals surface area contributed by atoms with Crippen LogP contribution in [0.1, 0.15) is 19.3 Å². The van der Waals surface area contributed by atoms with E-state index in [-0.39, 0.29) is 0 Å². The van der Waals surface area contributed by atoms with Crippen molar-refractivity contribution in [2.75, 3.05) is 0 Å². The van der Waals surface area contributed by atoms with Gasteiger partial charge in [0.2, 0.25) is 0 Å². The second-order valence-electron chi connectivity index (χ2n) is 2.80. The summed E-state index contributed by atoms with van der Waals surface area (Å²) in [6.45, 7) is 0. The van der Waals surface area contributed by atoms with Crippen molar-refractivity contribution in [3.8, 4) is 0 Å². The van der Waals surface area contributed by atoms with Gasteiger partial charge in [-0.25, -0.2) is 0 Å². The van der Waals surface area contributed by atoms with Crippen LogP contribution >= 0.6 is 12.6 Å². The van der Waals surface area contributed by atoms with E-state index in [4.69, 9.17) is 0 Å². The van der Waals surface area contributed by atoms with Crippen molar-refractivity contribution in [2.24, 2.45) is 11.8 Å². The van der Waals surface area contributed by atoms with Crippen LogP contribution in [0.3, 0.4) is 0 Å². The highest BCUT2D eigenvalue weighted by Gasteiger charge is 2.45. The van der Waals surface area contributed by atoms with E-state index in [1.54, 1.807) is 0 Å². The molecule has 0 N–H and O–H groups in total. The first-order chi connectivity index (χ1) is 3.38. The van der Waals surface area contributed by atoms with E-state index in [2.05, 4.69) is 12.6 Å². The smallest absolute Gasteiger partial charge is 0.00512 e. The van der Waals surface area contributed by atoms with Crippen LogP contribution in [0.15, 0.2) is 0 Å². The molecule has 2 rings (SSSR count). The lowest BCUT2D eigenvalue weighted by Gasteiger charge is -1.82. The molecule has 0 aromatic rings. The first-order valence-electron chi connectivity index (χ1n) is 3.06. The lowest BCUT2D eigenvalue weighted by Crippen LogP contribution is -1.78. The van der Waals surface area contributed by atoms with E-state index in [1.807, 2.05) is 0 Å². The topological polar surface area (TPSA) is 0 Å². The minimum absolute atomic E-state index is 0.799. The van der Waals surface area contributed by atoms with Gasteiger partial charge in [-0.2, -0.15) is 12.6 Å². The third-order valence-corrected chi connectivity index (χ3v) is 2.63. The van der Waals surface area contributed by atoms with Crippen molar-refractivity contribution in [3.05, 3.63) is 0 Å². The molecule has 0 radical (unpaired) electrons. The maximum Gasteiger partial charge on any atom is 0.00512 e. The fourth-order valence-electron chi connectivity index (χ4n) is 1.23.